The molecular weight excluding hydrogens is 475 g/mol. The number of amides is 1. The first-order valence-corrected chi connectivity index (χ1v) is 11.8. The Hall–Kier alpha value is -2.91. The lowest BCUT2D eigenvalue weighted by atomic mass is 10.1. The van der Waals surface area contributed by atoms with Gasteiger partial charge in [0.05, 0.1) is 25.6 Å². The van der Waals surface area contributed by atoms with Crippen molar-refractivity contribution < 1.29 is 9.53 Å². The van der Waals surface area contributed by atoms with Crippen molar-refractivity contribution >= 4 is 46.6 Å². The van der Waals surface area contributed by atoms with Gasteiger partial charge in [-0.25, -0.2) is 4.98 Å². The second kappa shape index (κ2) is 9.76. The zero-order valence-electron chi connectivity index (χ0n) is 18.4. The van der Waals surface area contributed by atoms with Crippen molar-refractivity contribution in [1.82, 2.24) is 14.9 Å². The lowest BCUT2D eigenvalue weighted by Gasteiger charge is -2.31. The van der Waals surface area contributed by atoms with Crippen LogP contribution >= 0.6 is 23.2 Å². The van der Waals surface area contributed by atoms with Gasteiger partial charge in [0.15, 0.2) is 0 Å². The number of morpholine rings is 1. The van der Waals surface area contributed by atoms with Crippen molar-refractivity contribution in [3.8, 4) is 0 Å². The molecule has 176 valence electrons. The molecule has 34 heavy (non-hydrogen) atoms. The van der Waals surface area contributed by atoms with Crippen LogP contribution < -0.4 is 16.0 Å². The van der Waals surface area contributed by atoms with E-state index in [0.29, 0.717) is 42.2 Å². The minimum absolute atomic E-state index is 0.0869. The van der Waals surface area contributed by atoms with E-state index in [0.717, 1.165) is 35.5 Å². The Labute approximate surface area is 207 Å². The monoisotopic (exact) mass is 498 g/mol. The molecule has 10 heteroatoms. The molecule has 2 aliphatic heterocycles. The third-order valence-electron chi connectivity index (χ3n) is 6.03. The van der Waals surface area contributed by atoms with Gasteiger partial charge in [-0.2, -0.15) is 4.98 Å². The number of halogens is 2. The number of benzene rings is 2. The van der Waals surface area contributed by atoms with E-state index in [1.54, 1.807) is 17.2 Å². The Morgan fingerprint density at radius 2 is 1.82 bits per heavy atom. The quantitative estimate of drug-likeness (QED) is 0.534. The smallest absolute Gasteiger partial charge is 0.255 e. The molecule has 0 radical (unpaired) electrons. The summed E-state index contributed by atoms with van der Waals surface area (Å²) in [6.45, 7) is 3.36. The highest BCUT2D eigenvalue weighted by atomic mass is 35.5. The van der Waals surface area contributed by atoms with Crippen molar-refractivity contribution in [1.29, 1.82) is 0 Å². The number of rotatable bonds is 6. The van der Waals surface area contributed by atoms with Crippen molar-refractivity contribution in [2.75, 3.05) is 48.9 Å². The molecule has 1 saturated heterocycles. The fourth-order valence-electron chi connectivity index (χ4n) is 4.21. The molecule has 2 aliphatic rings. The van der Waals surface area contributed by atoms with Gasteiger partial charge in [0.2, 0.25) is 5.95 Å². The van der Waals surface area contributed by atoms with E-state index in [-0.39, 0.29) is 11.9 Å². The molecule has 3 heterocycles. The average Bonchev–Trinajstić information content (AvgIpc) is 3.08. The number of hydrogen-bond acceptors (Lipinski definition) is 7. The highest BCUT2D eigenvalue weighted by Crippen LogP contribution is 2.39. The molecule has 0 spiro atoms. The van der Waals surface area contributed by atoms with E-state index < -0.39 is 6.04 Å². The number of hydrogen-bond donors (Lipinski definition) is 2. The highest BCUT2D eigenvalue weighted by Gasteiger charge is 2.39. The van der Waals surface area contributed by atoms with Crippen molar-refractivity contribution in [3.63, 3.8) is 0 Å². The molecule has 5 rings (SSSR count). The maximum absolute atomic E-state index is 13.4. The molecule has 0 saturated carbocycles. The van der Waals surface area contributed by atoms with E-state index in [1.165, 1.54) is 0 Å². The summed E-state index contributed by atoms with van der Waals surface area (Å²) in [5, 5.41) is 4.41. The minimum atomic E-state index is -0.656. The van der Waals surface area contributed by atoms with E-state index in [9.17, 15) is 4.79 Å². The molecule has 3 aromatic rings. The Morgan fingerprint density at radius 1 is 1.09 bits per heavy atom. The molecule has 1 amide bonds. The van der Waals surface area contributed by atoms with Gasteiger partial charge in [-0.15, -0.1) is 0 Å². The van der Waals surface area contributed by atoms with Gasteiger partial charge >= 0.3 is 0 Å². The average molecular weight is 499 g/mol. The van der Waals surface area contributed by atoms with Crippen LogP contribution in [0.25, 0.3) is 0 Å². The molecule has 1 fully saturated rings. The predicted molar refractivity (Wildman–Crippen MR) is 133 cm³/mol. The van der Waals surface area contributed by atoms with Crippen LogP contribution in [0.1, 0.15) is 22.7 Å². The predicted octanol–water partition coefficient (Wildman–Crippen LogP) is 3.75. The van der Waals surface area contributed by atoms with Crippen LogP contribution in [0.3, 0.4) is 0 Å². The Morgan fingerprint density at radius 3 is 2.56 bits per heavy atom. The van der Waals surface area contributed by atoms with E-state index in [4.69, 9.17) is 33.7 Å². The molecule has 1 aromatic heterocycles. The summed E-state index contributed by atoms with van der Waals surface area (Å²) < 4.78 is 5.43. The number of fused-ring (bicyclic) bond motifs is 1. The number of nitrogen functional groups attached to an aromatic ring is 1. The van der Waals surface area contributed by atoms with Crippen LogP contribution in [0, 0.1) is 0 Å². The van der Waals surface area contributed by atoms with Crippen LogP contribution in [-0.4, -0.2) is 53.7 Å². The summed E-state index contributed by atoms with van der Waals surface area (Å²) >= 11 is 12.2. The van der Waals surface area contributed by atoms with Gasteiger partial charge in [0.1, 0.15) is 11.9 Å². The Balaban J connectivity index is 1.36. The van der Waals surface area contributed by atoms with Crippen LogP contribution in [0.4, 0.5) is 17.5 Å². The molecule has 3 N–H and O–H groups in total. The molecule has 1 atom stereocenters. The second-order valence-corrected chi connectivity index (χ2v) is 9.20. The maximum atomic E-state index is 13.4. The van der Waals surface area contributed by atoms with E-state index in [1.807, 2.05) is 36.4 Å². The third-order valence-corrected chi connectivity index (χ3v) is 6.52. The van der Waals surface area contributed by atoms with Gasteiger partial charge < -0.3 is 15.8 Å². The van der Waals surface area contributed by atoms with Crippen LogP contribution in [0.5, 0.6) is 0 Å². The summed E-state index contributed by atoms with van der Waals surface area (Å²) in [4.78, 5) is 26.3. The fourth-order valence-corrected chi connectivity index (χ4v) is 4.52. The summed E-state index contributed by atoms with van der Waals surface area (Å²) in [5.74, 6) is 0.556. The summed E-state index contributed by atoms with van der Waals surface area (Å²) in [5.41, 5.74) is 9.68. The number of nitrogens with zero attached hydrogens (tertiary/aromatic N) is 4. The summed E-state index contributed by atoms with van der Waals surface area (Å²) in [7, 11) is 0. The van der Waals surface area contributed by atoms with Crippen LogP contribution in [0.2, 0.25) is 10.0 Å². The van der Waals surface area contributed by atoms with E-state index >= 15 is 0 Å². The molecule has 0 bridgehead atoms. The van der Waals surface area contributed by atoms with Gasteiger partial charge in [0, 0.05) is 46.9 Å². The standard InChI is InChI=1S/C24H24Cl2N6O2/c25-17-3-1-15(2-4-17)11-16-13-28-24(30-22(16)27)29-21-19-12-18(26)5-6-20(19)32(23(21)33)14-31-7-9-34-10-8-31/h1-6,12-13,21H,7-11,14H2,(H3,27,28,29,30). The number of ether oxygens (including phenoxy) is 1. The van der Waals surface area contributed by atoms with Crippen LogP contribution in [0.15, 0.2) is 48.7 Å². The first-order valence-electron chi connectivity index (χ1n) is 11.0. The van der Waals surface area contributed by atoms with Crippen molar-refractivity contribution in [2.45, 2.75) is 12.5 Å². The molecule has 1 unspecified atom stereocenters. The zero-order valence-corrected chi connectivity index (χ0v) is 19.9. The largest absolute Gasteiger partial charge is 0.383 e. The molecule has 0 aliphatic carbocycles. The van der Waals surface area contributed by atoms with Gasteiger partial charge in [-0.1, -0.05) is 35.3 Å². The van der Waals surface area contributed by atoms with Gasteiger partial charge in [0.25, 0.3) is 5.91 Å². The summed E-state index contributed by atoms with van der Waals surface area (Å²) in [6.07, 6.45) is 2.26. The fraction of sp³-hybridized carbons (Fsp3) is 0.292. The molecule has 2 aromatic carbocycles. The van der Waals surface area contributed by atoms with E-state index in [2.05, 4.69) is 20.2 Å². The third kappa shape index (κ3) is 4.81. The number of anilines is 3. The Kier molecular flexibility index (Phi) is 6.56. The minimum Gasteiger partial charge on any atom is -0.383 e. The molecular formula is C24H24Cl2N6O2. The number of carbonyl (C=O) groups excluding carboxylic acids is 1. The molecule has 8 nitrogen and oxygen atoms in total. The maximum Gasteiger partial charge on any atom is 0.255 e. The van der Waals surface area contributed by atoms with Crippen LogP contribution in [-0.2, 0) is 16.0 Å². The SMILES string of the molecule is Nc1nc(NC2C(=O)N(CN3CCOCC3)c3ccc(Cl)cc32)ncc1Cc1ccc(Cl)cc1. The second-order valence-electron chi connectivity index (χ2n) is 8.33. The van der Waals surface area contributed by atoms with Gasteiger partial charge in [-0.05, 0) is 35.9 Å². The Bertz CT molecular complexity index is 1200. The summed E-state index contributed by atoms with van der Waals surface area (Å²) in [6, 6.07) is 12.4. The number of nitrogens with two attached hydrogens (primary N) is 1. The van der Waals surface area contributed by atoms with Crippen molar-refractivity contribution in [2.24, 2.45) is 0 Å². The lowest BCUT2D eigenvalue weighted by molar-refractivity contribution is -0.119. The normalized spacial score (nSPS) is 18.2. The first-order chi connectivity index (χ1) is 16.5. The van der Waals surface area contributed by atoms with Crippen molar-refractivity contribution in [3.05, 3.63) is 75.4 Å². The first kappa shape index (κ1) is 22.9. The zero-order chi connectivity index (χ0) is 23.7. The number of nitrogens with one attached hydrogen (secondary N) is 1. The number of aromatic nitrogens is 2. The topological polar surface area (TPSA) is 96.6 Å². The van der Waals surface area contributed by atoms with Gasteiger partial charge in [-0.3, -0.25) is 14.6 Å². The lowest BCUT2D eigenvalue weighted by Crippen LogP contribution is -2.46. The highest BCUT2D eigenvalue weighted by molar-refractivity contribution is 6.31. The number of carbonyl (C=O) groups is 1.